The minimum Gasteiger partial charge on any atom is -0.465 e. The number of carbonyl (C=O) groups is 1. The molecule has 0 N–H and O–H groups in total. The standard InChI is InChI=1S/C13H27NO2/c1-7-16-13(15)12(6)14(8-10(2)3)9-11(4)5/h10-12H,7-9H2,1-6H3. The lowest BCUT2D eigenvalue weighted by Gasteiger charge is -2.30. The number of carbonyl (C=O) groups excluding carboxylic acids is 1. The molecule has 0 fully saturated rings. The summed E-state index contributed by atoms with van der Waals surface area (Å²) in [7, 11) is 0. The average Bonchev–Trinajstić information content (AvgIpc) is 2.14. The summed E-state index contributed by atoms with van der Waals surface area (Å²) in [5, 5.41) is 0. The second kappa shape index (κ2) is 7.66. The van der Waals surface area contributed by atoms with Gasteiger partial charge in [-0.1, -0.05) is 27.7 Å². The maximum absolute atomic E-state index is 11.7. The zero-order chi connectivity index (χ0) is 12.7. The Balaban J connectivity index is 4.41. The largest absolute Gasteiger partial charge is 0.465 e. The third-order valence-corrected chi connectivity index (χ3v) is 2.37. The van der Waals surface area contributed by atoms with Crippen LogP contribution < -0.4 is 0 Å². The van der Waals surface area contributed by atoms with Crippen LogP contribution >= 0.6 is 0 Å². The Bertz CT molecular complexity index is 192. The molecule has 0 aromatic carbocycles. The topological polar surface area (TPSA) is 29.5 Å². The van der Waals surface area contributed by atoms with E-state index >= 15 is 0 Å². The maximum atomic E-state index is 11.7. The third kappa shape index (κ3) is 6.11. The first-order valence-electron chi connectivity index (χ1n) is 6.29. The van der Waals surface area contributed by atoms with E-state index in [4.69, 9.17) is 4.74 Å². The highest BCUT2D eigenvalue weighted by molar-refractivity contribution is 5.75. The average molecular weight is 229 g/mol. The maximum Gasteiger partial charge on any atom is 0.323 e. The second-order valence-corrected chi connectivity index (χ2v) is 5.17. The van der Waals surface area contributed by atoms with Crippen LogP contribution in [0.15, 0.2) is 0 Å². The SMILES string of the molecule is CCOC(=O)C(C)N(CC(C)C)CC(C)C. The molecule has 0 heterocycles. The fourth-order valence-corrected chi connectivity index (χ4v) is 1.74. The molecule has 96 valence electrons. The van der Waals surface area contributed by atoms with Gasteiger partial charge < -0.3 is 4.74 Å². The smallest absolute Gasteiger partial charge is 0.323 e. The molecule has 0 aliphatic rings. The fourth-order valence-electron chi connectivity index (χ4n) is 1.74. The lowest BCUT2D eigenvalue weighted by Crippen LogP contribution is -2.43. The van der Waals surface area contributed by atoms with Gasteiger partial charge >= 0.3 is 5.97 Å². The van der Waals surface area contributed by atoms with Crippen LogP contribution in [-0.4, -0.2) is 36.6 Å². The Kier molecular flexibility index (Phi) is 7.39. The molecule has 3 heteroatoms. The summed E-state index contributed by atoms with van der Waals surface area (Å²) in [6.45, 7) is 14.8. The summed E-state index contributed by atoms with van der Waals surface area (Å²) in [6, 6.07) is -0.134. The van der Waals surface area contributed by atoms with E-state index < -0.39 is 0 Å². The lowest BCUT2D eigenvalue weighted by atomic mass is 10.1. The molecule has 0 aromatic rings. The van der Waals surface area contributed by atoms with Gasteiger partial charge in [0.1, 0.15) is 6.04 Å². The van der Waals surface area contributed by atoms with Gasteiger partial charge in [0, 0.05) is 13.1 Å². The Morgan fingerprint density at radius 2 is 1.50 bits per heavy atom. The number of ether oxygens (including phenoxy) is 1. The molecule has 16 heavy (non-hydrogen) atoms. The molecule has 0 spiro atoms. The highest BCUT2D eigenvalue weighted by Gasteiger charge is 2.23. The van der Waals surface area contributed by atoms with Crippen LogP contribution in [0.5, 0.6) is 0 Å². The van der Waals surface area contributed by atoms with Crippen LogP contribution in [0.25, 0.3) is 0 Å². The van der Waals surface area contributed by atoms with Crippen LogP contribution in [0.2, 0.25) is 0 Å². The molecule has 1 atom stereocenters. The predicted octanol–water partition coefficient (Wildman–Crippen LogP) is 2.55. The molecular weight excluding hydrogens is 202 g/mol. The number of hydrogen-bond acceptors (Lipinski definition) is 3. The van der Waals surface area contributed by atoms with Crippen molar-refractivity contribution in [2.24, 2.45) is 11.8 Å². The van der Waals surface area contributed by atoms with Crippen LogP contribution in [0, 0.1) is 11.8 Å². The number of hydrogen-bond donors (Lipinski definition) is 0. The van der Waals surface area contributed by atoms with Gasteiger partial charge in [-0.15, -0.1) is 0 Å². The molecule has 0 saturated carbocycles. The van der Waals surface area contributed by atoms with Gasteiger partial charge in [-0.2, -0.15) is 0 Å². The van der Waals surface area contributed by atoms with Crippen molar-refractivity contribution in [3.63, 3.8) is 0 Å². The molecule has 0 amide bonds. The first-order chi connectivity index (χ1) is 7.38. The summed E-state index contributed by atoms with van der Waals surface area (Å²) in [6.07, 6.45) is 0. The first kappa shape index (κ1) is 15.4. The highest BCUT2D eigenvalue weighted by atomic mass is 16.5. The van der Waals surface area contributed by atoms with Crippen LogP contribution in [-0.2, 0) is 9.53 Å². The molecule has 0 saturated heterocycles. The Labute approximate surface area is 100 Å². The second-order valence-electron chi connectivity index (χ2n) is 5.17. The number of esters is 1. The summed E-state index contributed by atoms with van der Waals surface area (Å²) >= 11 is 0. The summed E-state index contributed by atoms with van der Waals surface area (Å²) in [4.78, 5) is 13.9. The van der Waals surface area contributed by atoms with Crippen molar-refractivity contribution in [2.45, 2.75) is 47.6 Å². The van der Waals surface area contributed by atoms with Gasteiger partial charge in [-0.05, 0) is 25.7 Å². The van der Waals surface area contributed by atoms with Gasteiger partial charge in [0.2, 0.25) is 0 Å². The van der Waals surface area contributed by atoms with Gasteiger partial charge in [-0.3, -0.25) is 9.69 Å². The Morgan fingerprint density at radius 1 is 1.06 bits per heavy atom. The molecular formula is C13H27NO2. The van der Waals surface area contributed by atoms with E-state index in [1.165, 1.54) is 0 Å². The minimum absolute atomic E-state index is 0.108. The van der Waals surface area contributed by atoms with Crippen molar-refractivity contribution in [3.05, 3.63) is 0 Å². The van der Waals surface area contributed by atoms with Gasteiger partial charge in [0.25, 0.3) is 0 Å². The van der Waals surface area contributed by atoms with Crippen molar-refractivity contribution in [1.29, 1.82) is 0 Å². The molecule has 0 aliphatic carbocycles. The summed E-state index contributed by atoms with van der Waals surface area (Å²) < 4.78 is 5.07. The van der Waals surface area contributed by atoms with Crippen molar-refractivity contribution in [3.8, 4) is 0 Å². The van der Waals surface area contributed by atoms with Crippen molar-refractivity contribution in [2.75, 3.05) is 19.7 Å². The molecule has 1 unspecified atom stereocenters. The molecule has 0 radical (unpaired) electrons. The fraction of sp³-hybridized carbons (Fsp3) is 0.923. The predicted molar refractivity (Wildman–Crippen MR) is 67.3 cm³/mol. The monoisotopic (exact) mass is 229 g/mol. The Morgan fingerprint density at radius 3 is 1.81 bits per heavy atom. The highest BCUT2D eigenvalue weighted by Crippen LogP contribution is 2.09. The van der Waals surface area contributed by atoms with Crippen molar-refractivity contribution in [1.82, 2.24) is 4.90 Å². The van der Waals surface area contributed by atoms with E-state index in [1.807, 2.05) is 13.8 Å². The minimum atomic E-state index is -0.134. The molecule has 0 rings (SSSR count). The van der Waals surface area contributed by atoms with E-state index in [9.17, 15) is 4.79 Å². The van der Waals surface area contributed by atoms with Crippen LogP contribution in [0.3, 0.4) is 0 Å². The molecule has 3 nitrogen and oxygen atoms in total. The van der Waals surface area contributed by atoms with Crippen molar-refractivity contribution < 1.29 is 9.53 Å². The third-order valence-electron chi connectivity index (χ3n) is 2.37. The van der Waals surface area contributed by atoms with E-state index in [0.29, 0.717) is 18.4 Å². The molecule has 0 bridgehead atoms. The van der Waals surface area contributed by atoms with Crippen LogP contribution in [0.1, 0.15) is 41.5 Å². The van der Waals surface area contributed by atoms with Crippen LogP contribution in [0.4, 0.5) is 0 Å². The summed E-state index contributed by atoms with van der Waals surface area (Å²) in [5.41, 5.74) is 0. The quantitative estimate of drug-likeness (QED) is 0.628. The first-order valence-corrected chi connectivity index (χ1v) is 6.29. The van der Waals surface area contributed by atoms with Gasteiger partial charge in [-0.25, -0.2) is 0 Å². The van der Waals surface area contributed by atoms with E-state index in [0.717, 1.165) is 13.1 Å². The molecule has 0 aliphatic heterocycles. The van der Waals surface area contributed by atoms with Gasteiger partial charge in [0.15, 0.2) is 0 Å². The van der Waals surface area contributed by atoms with E-state index in [2.05, 4.69) is 32.6 Å². The van der Waals surface area contributed by atoms with E-state index in [-0.39, 0.29) is 12.0 Å². The van der Waals surface area contributed by atoms with Gasteiger partial charge in [0.05, 0.1) is 6.61 Å². The lowest BCUT2D eigenvalue weighted by molar-refractivity contribution is -0.149. The number of nitrogens with zero attached hydrogens (tertiary/aromatic N) is 1. The number of rotatable bonds is 7. The zero-order valence-electron chi connectivity index (χ0n) is 11.6. The molecule has 0 aromatic heterocycles. The zero-order valence-corrected chi connectivity index (χ0v) is 11.6. The Hall–Kier alpha value is -0.570. The van der Waals surface area contributed by atoms with E-state index in [1.54, 1.807) is 0 Å². The summed E-state index contributed by atoms with van der Waals surface area (Å²) in [5.74, 6) is 1.02. The normalized spacial score (nSPS) is 13.6. The van der Waals surface area contributed by atoms with Crippen molar-refractivity contribution >= 4 is 5.97 Å².